The number of halogens is 1. The maximum absolute atomic E-state index is 12.5. The number of sulfone groups is 1. The third kappa shape index (κ3) is 2.65. The number of rotatable bonds is 4. The van der Waals surface area contributed by atoms with Crippen LogP contribution in [0.5, 0.6) is 5.75 Å². The topological polar surface area (TPSA) is 64.6 Å². The predicted molar refractivity (Wildman–Crippen MR) is 75.1 cm³/mol. The molecule has 2 aliphatic heterocycles. The molecule has 0 spiro atoms. The Bertz CT molecular complexity index is 594. The molecule has 20 heavy (non-hydrogen) atoms. The van der Waals surface area contributed by atoms with E-state index in [4.69, 9.17) is 21.1 Å². The lowest BCUT2D eigenvalue weighted by Gasteiger charge is -2.26. The molecule has 1 unspecified atom stereocenters. The molecule has 7 heteroatoms. The summed E-state index contributed by atoms with van der Waals surface area (Å²) < 4.78 is 35.6. The van der Waals surface area contributed by atoms with Gasteiger partial charge in [0.15, 0.2) is 9.84 Å². The van der Waals surface area contributed by atoms with Crippen molar-refractivity contribution in [2.24, 2.45) is 0 Å². The van der Waals surface area contributed by atoms with Crippen molar-refractivity contribution in [2.45, 2.75) is 22.7 Å². The minimum atomic E-state index is -3.38. The molecule has 0 aromatic heterocycles. The molecule has 1 atom stereocenters. The molecule has 3 rings (SSSR count). The van der Waals surface area contributed by atoms with E-state index in [0.717, 1.165) is 6.54 Å². The van der Waals surface area contributed by atoms with Crippen LogP contribution in [0.3, 0.4) is 0 Å². The van der Waals surface area contributed by atoms with Crippen LogP contribution < -0.4 is 10.1 Å². The Morgan fingerprint density at radius 1 is 1.35 bits per heavy atom. The van der Waals surface area contributed by atoms with Crippen LogP contribution in [-0.2, 0) is 14.6 Å². The third-order valence-corrected chi connectivity index (χ3v) is 6.25. The van der Waals surface area contributed by atoms with Gasteiger partial charge in [-0.3, -0.25) is 0 Å². The maximum Gasteiger partial charge on any atom is 0.183 e. The Hall–Kier alpha value is -0.820. The fraction of sp³-hybridized carbons (Fsp3) is 0.538. The molecule has 2 aliphatic rings. The molecule has 2 heterocycles. The molecule has 2 fully saturated rings. The highest BCUT2D eigenvalue weighted by Gasteiger charge is 2.32. The molecular formula is C13H16ClNO4S. The lowest BCUT2D eigenvalue weighted by atomic mass is 10.3. The Morgan fingerprint density at radius 2 is 2.15 bits per heavy atom. The second-order valence-corrected chi connectivity index (χ2v) is 7.63. The summed E-state index contributed by atoms with van der Waals surface area (Å²) in [5, 5.41) is 2.88. The molecule has 0 saturated carbocycles. The first-order valence-corrected chi connectivity index (χ1v) is 8.48. The van der Waals surface area contributed by atoms with Gasteiger partial charge in [0, 0.05) is 12.6 Å². The van der Waals surface area contributed by atoms with Crippen molar-refractivity contribution in [3.63, 3.8) is 0 Å². The maximum atomic E-state index is 12.5. The van der Waals surface area contributed by atoms with Crippen molar-refractivity contribution in [3.05, 3.63) is 23.2 Å². The summed E-state index contributed by atoms with van der Waals surface area (Å²) in [6, 6.07) is 4.75. The quantitative estimate of drug-likeness (QED) is 0.905. The van der Waals surface area contributed by atoms with E-state index >= 15 is 0 Å². The average molecular weight is 318 g/mol. The van der Waals surface area contributed by atoms with Crippen LogP contribution in [0.25, 0.3) is 0 Å². The van der Waals surface area contributed by atoms with E-state index in [1.807, 2.05) is 0 Å². The van der Waals surface area contributed by atoms with Crippen molar-refractivity contribution in [3.8, 4) is 5.75 Å². The minimum Gasteiger partial charge on any atom is -0.486 e. The van der Waals surface area contributed by atoms with E-state index in [2.05, 4.69) is 5.32 Å². The van der Waals surface area contributed by atoms with Gasteiger partial charge in [-0.15, -0.1) is 0 Å². The standard InChI is InChI=1S/C13H16ClNO4S/c14-12-5-9(19-10-7-18-8-10)1-2-13(12)20(16,17)11-3-4-15-6-11/h1-2,5,10-11,15H,3-4,6-8H2. The van der Waals surface area contributed by atoms with Crippen LogP contribution in [0.1, 0.15) is 6.42 Å². The second kappa shape index (κ2) is 5.52. The number of nitrogens with one attached hydrogen (secondary N) is 1. The van der Waals surface area contributed by atoms with E-state index in [9.17, 15) is 8.42 Å². The van der Waals surface area contributed by atoms with Gasteiger partial charge >= 0.3 is 0 Å². The Morgan fingerprint density at radius 3 is 2.70 bits per heavy atom. The zero-order valence-electron chi connectivity index (χ0n) is 10.8. The molecule has 5 nitrogen and oxygen atoms in total. The summed E-state index contributed by atoms with van der Waals surface area (Å²) in [5.74, 6) is 0.576. The lowest BCUT2D eigenvalue weighted by molar-refractivity contribution is -0.0796. The first kappa shape index (κ1) is 14.1. The van der Waals surface area contributed by atoms with Gasteiger partial charge in [0.2, 0.25) is 0 Å². The SMILES string of the molecule is O=S(=O)(c1ccc(OC2COC2)cc1Cl)C1CCNC1. The van der Waals surface area contributed by atoms with Crippen molar-refractivity contribution in [2.75, 3.05) is 26.3 Å². The first-order chi connectivity index (χ1) is 9.57. The summed E-state index contributed by atoms with van der Waals surface area (Å²) in [6.07, 6.45) is 0.656. The van der Waals surface area contributed by atoms with Gasteiger partial charge in [-0.1, -0.05) is 11.6 Å². The summed E-state index contributed by atoms with van der Waals surface area (Å²) in [5.41, 5.74) is 0. The van der Waals surface area contributed by atoms with Crippen molar-refractivity contribution >= 4 is 21.4 Å². The molecule has 2 saturated heterocycles. The fourth-order valence-electron chi connectivity index (χ4n) is 2.33. The molecule has 1 aromatic rings. The predicted octanol–water partition coefficient (Wildman–Crippen LogP) is 1.25. The van der Waals surface area contributed by atoms with Crippen LogP contribution in [0, 0.1) is 0 Å². The van der Waals surface area contributed by atoms with Gasteiger partial charge in [0.25, 0.3) is 0 Å². The van der Waals surface area contributed by atoms with Crippen LogP contribution in [0.2, 0.25) is 5.02 Å². The normalized spacial score (nSPS) is 23.6. The molecule has 1 aromatic carbocycles. The molecule has 0 amide bonds. The first-order valence-electron chi connectivity index (χ1n) is 6.56. The van der Waals surface area contributed by atoms with Gasteiger partial charge in [0.05, 0.1) is 28.4 Å². The summed E-state index contributed by atoms with van der Waals surface area (Å²) in [4.78, 5) is 0.185. The highest BCUT2D eigenvalue weighted by atomic mass is 35.5. The average Bonchev–Trinajstić information content (AvgIpc) is 2.88. The molecule has 0 bridgehead atoms. The Labute approximate surface area is 123 Å². The fourth-order valence-corrected chi connectivity index (χ4v) is 4.54. The van der Waals surface area contributed by atoms with E-state index in [1.54, 1.807) is 12.1 Å². The third-order valence-electron chi connectivity index (χ3n) is 3.57. The molecule has 1 N–H and O–H groups in total. The van der Waals surface area contributed by atoms with Crippen molar-refractivity contribution in [1.82, 2.24) is 5.32 Å². The highest BCUT2D eigenvalue weighted by Crippen LogP contribution is 2.31. The summed E-state index contributed by atoms with van der Waals surface area (Å²) >= 11 is 6.13. The van der Waals surface area contributed by atoms with E-state index < -0.39 is 15.1 Å². The van der Waals surface area contributed by atoms with Crippen LogP contribution in [-0.4, -0.2) is 46.1 Å². The van der Waals surface area contributed by atoms with Gasteiger partial charge < -0.3 is 14.8 Å². The highest BCUT2D eigenvalue weighted by molar-refractivity contribution is 7.92. The van der Waals surface area contributed by atoms with Gasteiger partial charge in [-0.05, 0) is 25.1 Å². The zero-order valence-corrected chi connectivity index (χ0v) is 12.4. The van der Waals surface area contributed by atoms with Crippen molar-refractivity contribution in [1.29, 1.82) is 0 Å². The Kier molecular flexibility index (Phi) is 3.90. The summed E-state index contributed by atoms with van der Waals surface area (Å²) in [7, 11) is -3.38. The summed E-state index contributed by atoms with van der Waals surface area (Å²) in [6.45, 7) is 2.33. The van der Waals surface area contributed by atoms with Crippen LogP contribution >= 0.6 is 11.6 Å². The number of hydrogen-bond donors (Lipinski definition) is 1. The Balaban J connectivity index is 1.82. The zero-order chi connectivity index (χ0) is 14.2. The van der Waals surface area contributed by atoms with Gasteiger partial charge in [-0.25, -0.2) is 8.42 Å². The molecule has 0 aliphatic carbocycles. The molecule has 0 radical (unpaired) electrons. The van der Waals surface area contributed by atoms with Gasteiger partial charge in [0.1, 0.15) is 11.9 Å². The monoisotopic (exact) mass is 317 g/mol. The van der Waals surface area contributed by atoms with Crippen LogP contribution in [0.4, 0.5) is 0 Å². The smallest absolute Gasteiger partial charge is 0.183 e. The minimum absolute atomic E-state index is 0.0348. The van der Waals surface area contributed by atoms with E-state index in [1.165, 1.54) is 6.07 Å². The van der Waals surface area contributed by atoms with E-state index in [-0.39, 0.29) is 16.0 Å². The largest absolute Gasteiger partial charge is 0.486 e. The van der Waals surface area contributed by atoms with Crippen molar-refractivity contribution < 1.29 is 17.9 Å². The lowest BCUT2D eigenvalue weighted by Crippen LogP contribution is -2.38. The van der Waals surface area contributed by atoms with Gasteiger partial charge in [-0.2, -0.15) is 0 Å². The number of benzene rings is 1. The second-order valence-electron chi connectivity index (χ2n) is 5.03. The van der Waals surface area contributed by atoms with E-state index in [0.29, 0.717) is 31.9 Å². The number of ether oxygens (including phenoxy) is 2. The molecular weight excluding hydrogens is 302 g/mol. The molecule has 110 valence electrons. The van der Waals surface area contributed by atoms with Crippen LogP contribution in [0.15, 0.2) is 23.1 Å². The number of hydrogen-bond acceptors (Lipinski definition) is 5.